The van der Waals surface area contributed by atoms with Gasteiger partial charge in [-0.1, -0.05) is 0 Å². The molecule has 1 aromatic carbocycles. The Morgan fingerprint density at radius 2 is 1.90 bits per heavy atom. The fraction of sp³-hybridized carbons (Fsp3) is 0.318. The number of aliphatic hydroxyl groups excluding tert-OH is 1. The molecule has 7 nitrogen and oxygen atoms in total. The van der Waals surface area contributed by atoms with Crippen molar-refractivity contribution in [2.75, 3.05) is 27.4 Å². The summed E-state index contributed by atoms with van der Waals surface area (Å²) in [6, 6.07) is 7.93. The van der Waals surface area contributed by atoms with Gasteiger partial charge in [0.05, 0.1) is 18.7 Å². The number of aryl methyl sites for hydroxylation is 1. The number of pyridine rings is 1. The molecule has 1 fully saturated rings. The van der Waals surface area contributed by atoms with Crippen LogP contribution in [0.5, 0.6) is 5.75 Å². The van der Waals surface area contributed by atoms with Crippen molar-refractivity contribution in [3.05, 3.63) is 65.0 Å². The van der Waals surface area contributed by atoms with Crippen LogP contribution < -0.4 is 4.74 Å². The zero-order valence-electron chi connectivity index (χ0n) is 16.7. The molecule has 1 amide bonds. The maximum Gasteiger partial charge on any atom is 0.295 e. The van der Waals surface area contributed by atoms with Gasteiger partial charge in [0.2, 0.25) is 0 Å². The number of benzene rings is 1. The summed E-state index contributed by atoms with van der Waals surface area (Å²) in [6.45, 7) is 2.65. The van der Waals surface area contributed by atoms with Gasteiger partial charge in [-0.25, -0.2) is 0 Å². The van der Waals surface area contributed by atoms with Gasteiger partial charge in [-0.3, -0.25) is 14.6 Å². The minimum atomic E-state index is -0.699. The summed E-state index contributed by atoms with van der Waals surface area (Å²) in [5.74, 6) is -0.859. The van der Waals surface area contributed by atoms with E-state index in [4.69, 9.17) is 9.47 Å². The summed E-state index contributed by atoms with van der Waals surface area (Å²) in [4.78, 5) is 31.1. The number of rotatable bonds is 7. The molecule has 0 radical (unpaired) electrons. The number of ether oxygens (including phenoxy) is 2. The molecular weight excluding hydrogens is 372 g/mol. The number of methoxy groups -OCH3 is 2. The van der Waals surface area contributed by atoms with Gasteiger partial charge in [-0.15, -0.1) is 0 Å². The molecule has 1 atom stereocenters. The maximum atomic E-state index is 12.9. The van der Waals surface area contributed by atoms with Gasteiger partial charge in [0.15, 0.2) is 0 Å². The first-order valence-corrected chi connectivity index (χ1v) is 9.31. The van der Waals surface area contributed by atoms with Crippen LogP contribution in [-0.4, -0.2) is 54.1 Å². The molecular formula is C22H24N2O5. The van der Waals surface area contributed by atoms with Crippen LogP contribution >= 0.6 is 0 Å². The summed E-state index contributed by atoms with van der Waals surface area (Å²) < 4.78 is 10.3. The van der Waals surface area contributed by atoms with E-state index >= 15 is 0 Å². The lowest BCUT2D eigenvalue weighted by atomic mass is 9.95. The number of Topliss-reactive ketones (excluding diaryl/α,β-unsaturated/α-hetero) is 1. The Morgan fingerprint density at radius 1 is 1.17 bits per heavy atom. The van der Waals surface area contributed by atoms with Gasteiger partial charge in [0.25, 0.3) is 11.7 Å². The topological polar surface area (TPSA) is 89.0 Å². The minimum absolute atomic E-state index is 0.0724. The van der Waals surface area contributed by atoms with Gasteiger partial charge in [-0.05, 0) is 54.8 Å². The van der Waals surface area contributed by atoms with Crippen molar-refractivity contribution >= 4 is 17.4 Å². The van der Waals surface area contributed by atoms with Crippen molar-refractivity contribution in [3.8, 4) is 5.75 Å². The molecule has 1 aromatic heterocycles. The number of aromatic nitrogens is 1. The minimum Gasteiger partial charge on any atom is -0.507 e. The average molecular weight is 396 g/mol. The lowest BCUT2D eigenvalue weighted by Crippen LogP contribution is -2.31. The molecule has 1 aliphatic heterocycles. The van der Waals surface area contributed by atoms with Crippen molar-refractivity contribution in [3.63, 3.8) is 0 Å². The number of ketones is 1. The Labute approximate surface area is 169 Å². The second-order valence-corrected chi connectivity index (χ2v) is 6.80. The molecule has 0 spiro atoms. The number of hydrogen-bond donors (Lipinski definition) is 1. The van der Waals surface area contributed by atoms with E-state index in [-0.39, 0.29) is 11.3 Å². The Bertz CT molecular complexity index is 939. The Balaban J connectivity index is 2.11. The SMILES string of the molecule is COCCCN1C(=O)C(=O)/C(=C(/O)c2ccc(OC)c(C)c2)[C@H]1c1ccncc1. The number of carbonyl (C=O) groups is 2. The van der Waals surface area contributed by atoms with Gasteiger partial charge < -0.3 is 19.5 Å². The molecule has 0 unspecified atom stereocenters. The largest absolute Gasteiger partial charge is 0.507 e. The van der Waals surface area contributed by atoms with Crippen LogP contribution in [0.3, 0.4) is 0 Å². The van der Waals surface area contributed by atoms with E-state index in [1.165, 1.54) is 4.90 Å². The smallest absolute Gasteiger partial charge is 0.295 e. The molecule has 1 saturated heterocycles. The molecule has 0 saturated carbocycles. The molecule has 2 heterocycles. The fourth-order valence-electron chi connectivity index (χ4n) is 3.56. The maximum absolute atomic E-state index is 12.9. The molecule has 0 bridgehead atoms. The van der Waals surface area contributed by atoms with E-state index in [0.717, 1.165) is 5.56 Å². The van der Waals surface area contributed by atoms with Crippen LogP contribution in [0, 0.1) is 6.92 Å². The third-order valence-corrected chi connectivity index (χ3v) is 4.98. The first-order chi connectivity index (χ1) is 14.0. The predicted molar refractivity (Wildman–Crippen MR) is 107 cm³/mol. The molecule has 1 aliphatic rings. The predicted octanol–water partition coefficient (Wildman–Crippen LogP) is 2.86. The molecule has 2 aromatic rings. The highest BCUT2D eigenvalue weighted by Gasteiger charge is 2.45. The van der Waals surface area contributed by atoms with Crippen LogP contribution in [0.25, 0.3) is 5.76 Å². The lowest BCUT2D eigenvalue weighted by Gasteiger charge is -2.25. The quantitative estimate of drug-likeness (QED) is 0.335. The van der Waals surface area contributed by atoms with E-state index in [1.54, 1.807) is 56.9 Å². The fourth-order valence-corrected chi connectivity index (χ4v) is 3.56. The summed E-state index contributed by atoms with van der Waals surface area (Å²) in [6.07, 6.45) is 3.77. The highest BCUT2D eigenvalue weighted by Crippen LogP contribution is 2.39. The van der Waals surface area contributed by atoms with Crippen LogP contribution in [0.4, 0.5) is 0 Å². The second kappa shape index (κ2) is 8.87. The number of aliphatic hydroxyl groups is 1. The normalized spacial score (nSPS) is 18.3. The molecule has 0 aliphatic carbocycles. The molecule has 29 heavy (non-hydrogen) atoms. The monoisotopic (exact) mass is 396 g/mol. The summed E-state index contributed by atoms with van der Waals surface area (Å²) in [7, 11) is 3.15. The van der Waals surface area contributed by atoms with E-state index in [9.17, 15) is 14.7 Å². The Hall–Kier alpha value is -3.19. The zero-order chi connectivity index (χ0) is 21.0. The third kappa shape index (κ3) is 4.00. The Morgan fingerprint density at radius 3 is 2.52 bits per heavy atom. The van der Waals surface area contributed by atoms with Crippen LogP contribution in [0.15, 0.2) is 48.3 Å². The first-order valence-electron chi connectivity index (χ1n) is 9.31. The van der Waals surface area contributed by atoms with Crippen molar-refractivity contribution in [1.29, 1.82) is 0 Å². The zero-order valence-corrected chi connectivity index (χ0v) is 16.7. The van der Waals surface area contributed by atoms with Crippen LogP contribution in [-0.2, 0) is 14.3 Å². The molecule has 1 N–H and O–H groups in total. The van der Waals surface area contributed by atoms with Gasteiger partial charge >= 0.3 is 0 Å². The van der Waals surface area contributed by atoms with Crippen LogP contribution in [0.1, 0.15) is 29.2 Å². The van der Waals surface area contributed by atoms with E-state index in [0.29, 0.717) is 36.4 Å². The summed E-state index contributed by atoms with van der Waals surface area (Å²) in [5, 5.41) is 11.0. The lowest BCUT2D eigenvalue weighted by molar-refractivity contribution is -0.140. The molecule has 7 heteroatoms. The van der Waals surface area contributed by atoms with E-state index in [2.05, 4.69) is 4.98 Å². The molecule has 3 rings (SSSR count). The summed E-state index contributed by atoms with van der Waals surface area (Å²) in [5.41, 5.74) is 2.05. The van der Waals surface area contributed by atoms with Crippen molar-refractivity contribution < 1.29 is 24.2 Å². The standard InChI is InChI=1S/C22H24N2O5/c1-14-13-16(5-6-17(14)29-3)20(25)18-19(15-7-9-23-10-8-15)24(11-4-12-28-2)22(27)21(18)26/h5-10,13,19,25H,4,11-12H2,1-3H3/b20-18+/t19-/m1/s1. The van der Waals surface area contributed by atoms with Gasteiger partial charge in [0, 0.05) is 38.2 Å². The Kier molecular flexibility index (Phi) is 6.29. The van der Waals surface area contributed by atoms with E-state index in [1.807, 2.05) is 6.92 Å². The molecule has 152 valence electrons. The first kappa shape index (κ1) is 20.5. The highest BCUT2D eigenvalue weighted by atomic mass is 16.5. The third-order valence-electron chi connectivity index (χ3n) is 4.98. The van der Waals surface area contributed by atoms with Crippen molar-refractivity contribution in [2.45, 2.75) is 19.4 Å². The van der Waals surface area contributed by atoms with Crippen molar-refractivity contribution in [1.82, 2.24) is 9.88 Å². The number of likely N-dealkylation sites (tertiary alicyclic amines) is 1. The van der Waals surface area contributed by atoms with Gasteiger partial charge in [-0.2, -0.15) is 0 Å². The van der Waals surface area contributed by atoms with E-state index < -0.39 is 17.7 Å². The average Bonchev–Trinajstić information content (AvgIpc) is 2.99. The number of carbonyl (C=O) groups excluding carboxylic acids is 2. The van der Waals surface area contributed by atoms with Crippen LogP contribution in [0.2, 0.25) is 0 Å². The summed E-state index contributed by atoms with van der Waals surface area (Å²) >= 11 is 0. The number of nitrogens with zero attached hydrogens (tertiary/aromatic N) is 2. The number of amides is 1. The number of hydrogen-bond acceptors (Lipinski definition) is 6. The van der Waals surface area contributed by atoms with Gasteiger partial charge in [0.1, 0.15) is 11.5 Å². The second-order valence-electron chi connectivity index (χ2n) is 6.80. The van der Waals surface area contributed by atoms with Crippen molar-refractivity contribution in [2.24, 2.45) is 0 Å². The highest BCUT2D eigenvalue weighted by molar-refractivity contribution is 6.46.